The number of halogens is 9. The van der Waals surface area contributed by atoms with Gasteiger partial charge in [-0.3, -0.25) is 0 Å². The van der Waals surface area contributed by atoms with Gasteiger partial charge in [-0.25, -0.2) is 0 Å². The van der Waals surface area contributed by atoms with Crippen molar-refractivity contribution < 1.29 is 13.3 Å². The van der Waals surface area contributed by atoms with Gasteiger partial charge in [0.2, 0.25) is 0 Å². The van der Waals surface area contributed by atoms with E-state index < -0.39 is 0 Å². The molecule has 12 rings (SSSR count). The summed E-state index contributed by atoms with van der Waals surface area (Å²) in [6.45, 7) is 51.6. The summed E-state index contributed by atoms with van der Waals surface area (Å²) in [6, 6.07) is 62.6. The zero-order valence-electron chi connectivity index (χ0n) is 57.9. The molecule has 0 fully saturated rings. The Balaban J connectivity index is 0.000000192. The van der Waals surface area contributed by atoms with Gasteiger partial charge < -0.3 is 19.6 Å². The quantitative estimate of drug-likeness (QED) is 0.111. The fourth-order valence-corrected chi connectivity index (χ4v) is 643. The van der Waals surface area contributed by atoms with Crippen molar-refractivity contribution in [1.29, 1.82) is 0 Å². The van der Waals surface area contributed by atoms with Crippen LogP contribution in [-0.2, 0) is 32.5 Å². The van der Waals surface area contributed by atoms with E-state index in [-0.39, 0.29) is 81.4 Å². The molecular weight excluding hydrogens is 2160 g/mol. The minimum atomic E-state index is -0.324. The Morgan fingerprint density at radius 1 is 0.430 bits per heavy atom. The summed E-state index contributed by atoms with van der Waals surface area (Å²) in [6.07, 6.45) is 0. The third kappa shape index (κ3) is 14.7. The summed E-state index contributed by atoms with van der Waals surface area (Å²) in [5.74, 6) is 0. The van der Waals surface area contributed by atoms with Crippen molar-refractivity contribution in [3.63, 3.8) is 0 Å². The van der Waals surface area contributed by atoms with E-state index in [1.807, 2.05) is 0 Å². The molecule has 4 nitrogen and oxygen atoms in total. The molecule has 0 aliphatic carbocycles. The summed E-state index contributed by atoms with van der Waals surface area (Å²) in [7, 11) is -0.795. The molecule has 0 bridgehead atoms. The van der Waals surface area contributed by atoms with E-state index in [9.17, 15) is 0 Å². The van der Waals surface area contributed by atoms with Gasteiger partial charge in [0, 0.05) is 78.8 Å². The SMILES string of the molecule is C.Cc1cc(N(c2cccc(C(C)(C)C)c2)c2cccc(C(C)(C)C)c2)cc(N2c3ccccc3C(C)(C)C2(C)C)c1.Cc1cc2c3c(c1)N1c4c(cccc4C(C)(C)C1(C)C)B3c1ccc(C(C)(C)C)cc1N2c1cccc(C(C)(C)C)c1.I[I-]I(I)I(I)I(I)I. The molecule has 0 radical (unpaired) electrons. The first-order valence-corrected chi connectivity index (χ1v) is 82.1. The van der Waals surface area contributed by atoms with Crippen LogP contribution in [0, 0.1) is 13.8 Å². The molecule has 4 aliphatic heterocycles. The second kappa shape index (κ2) is 28.4. The second-order valence-electron chi connectivity index (χ2n) is 31.6. The minimum absolute atomic E-state index is 0. The zero-order chi connectivity index (χ0) is 67.5. The van der Waals surface area contributed by atoms with Crippen LogP contribution >= 0.6 is 117 Å². The first kappa shape index (κ1) is 76.8. The van der Waals surface area contributed by atoms with E-state index >= 15 is 0 Å². The Hall–Kier alpha value is -0.405. The van der Waals surface area contributed by atoms with Gasteiger partial charge in [-0.15, -0.1) is 0 Å². The Labute approximate surface area is 631 Å². The van der Waals surface area contributed by atoms with E-state index in [1.54, 1.807) is 0 Å². The maximum atomic E-state index is 2.85. The van der Waals surface area contributed by atoms with Crippen LogP contribution in [-0.4, -0.2) is 17.8 Å². The maximum absolute atomic E-state index is 2.85. The average Bonchev–Trinajstić information content (AvgIpc) is 1.59. The molecule has 0 unspecified atom stereocenters. The first-order valence-electron chi connectivity index (χ1n) is 31.9. The molecule has 14 heteroatoms. The van der Waals surface area contributed by atoms with E-state index in [2.05, 4.69) is 429 Å². The number of para-hydroxylation sites is 2. The Morgan fingerprint density at radius 3 is 1.46 bits per heavy atom. The molecular formula is C79H97BI9N4-. The molecule has 4 heterocycles. The van der Waals surface area contributed by atoms with Crippen molar-refractivity contribution in [2.45, 2.75) is 203 Å². The monoisotopic (exact) mass is 2250 g/mol. The molecule has 0 saturated heterocycles. The average molecular weight is 2260 g/mol. The van der Waals surface area contributed by atoms with Gasteiger partial charge in [0.25, 0.3) is 6.71 Å². The van der Waals surface area contributed by atoms with Gasteiger partial charge in [-0.1, -0.05) is 203 Å². The van der Waals surface area contributed by atoms with E-state index in [4.69, 9.17) is 0 Å². The van der Waals surface area contributed by atoms with Gasteiger partial charge in [-0.2, -0.15) is 0 Å². The third-order valence-corrected chi connectivity index (χ3v) is 434. The number of fused-ring (bicyclic) bond motifs is 5. The first-order chi connectivity index (χ1) is 42.6. The number of hydrogen-bond donors (Lipinski definition) is 0. The van der Waals surface area contributed by atoms with Crippen molar-refractivity contribution in [1.82, 2.24) is 0 Å². The molecule has 8 aromatic carbocycles. The fourth-order valence-electron chi connectivity index (χ4n) is 14.0. The molecule has 8 aromatic rings. The molecule has 500 valence electrons. The molecule has 4 aliphatic rings. The Morgan fingerprint density at radius 2 is 0.914 bits per heavy atom. The second-order valence-corrected chi connectivity index (χ2v) is 194. The van der Waals surface area contributed by atoms with Gasteiger partial charge in [0.05, 0.1) is 0 Å². The molecule has 0 saturated carbocycles. The zero-order valence-corrected chi connectivity index (χ0v) is 77.3. The van der Waals surface area contributed by atoms with E-state index in [0.29, 0.717) is 13.3 Å². The topological polar surface area (TPSA) is 13.0 Å². The van der Waals surface area contributed by atoms with Crippen LogP contribution in [0.25, 0.3) is 0 Å². The van der Waals surface area contributed by atoms with Crippen LogP contribution in [0.3, 0.4) is 0 Å². The fraction of sp³-hybridized carbons (Fsp3) is 0.392. The van der Waals surface area contributed by atoms with E-state index in [0.717, 1.165) is 0 Å². The molecule has 93 heavy (non-hydrogen) atoms. The van der Waals surface area contributed by atoms with Crippen LogP contribution in [0.4, 0.5) is 56.9 Å². The summed E-state index contributed by atoms with van der Waals surface area (Å²) in [5.41, 5.74) is 27.9. The summed E-state index contributed by atoms with van der Waals surface area (Å²) < 4.78 is 0. The Bertz CT molecular complexity index is 4030. The number of rotatable bonds is 8. The van der Waals surface area contributed by atoms with Gasteiger partial charge >= 0.3 is 130 Å². The molecule has 0 atom stereocenters. The van der Waals surface area contributed by atoms with Crippen LogP contribution in [0.2, 0.25) is 0 Å². The summed E-state index contributed by atoms with van der Waals surface area (Å²) in [5, 5.41) is 0. The van der Waals surface area contributed by atoms with E-state index in [1.165, 1.54) is 118 Å². The van der Waals surface area contributed by atoms with Crippen LogP contribution in [0.15, 0.2) is 164 Å². The molecule has 0 aromatic heterocycles. The van der Waals surface area contributed by atoms with Crippen molar-refractivity contribution in [3.8, 4) is 0 Å². The number of benzene rings is 8. The number of anilines is 10. The van der Waals surface area contributed by atoms with Gasteiger partial charge in [0.1, 0.15) is 0 Å². The number of hydrogen-bond acceptors (Lipinski definition) is 4. The van der Waals surface area contributed by atoms with Gasteiger partial charge in [0.15, 0.2) is 0 Å². The standard InChI is InChI=1S/C39H45BN2.C39H48N2.CH4.I9/c1-24-20-32-34-33(21-24)42-35-28(38(8,9)39(42,10)11)16-13-17-30(35)40(34)29-19-18-26(37(5,6)7)23-31(29)41(32)27-15-12-14-25(22-27)36(2,3)4;1-27-22-32(26-33(23-27)41-35-21-13-12-20-34(35)38(8,9)39(41,10)11)40(30-18-14-16-28(24-30)36(2,3)4)31-19-15-17-29(25-31)37(5,6)7;;1-6-8(4)9(5)7(2)3/h12-23H,1-11H3;12-26H,1-11H3;1H4;/q;;;-1. The predicted octanol–water partition coefficient (Wildman–Crippen LogP) is 24.4. The molecule has 0 amide bonds. The van der Waals surface area contributed by atoms with Crippen LogP contribution in [0.5, 0.6) is 0 Å². The van der Waals surface area contributed by atoms with Gasteiger partial charge in [-0.05, 0) is 203 Å². The third-order valence-electron chi connectivity index (χ3n) is 20.4. The van der Waals surface area contributed by atoms with Crippen molar-refractivity contribution in [2.24, 2.45) is 0 Å². The molecule has 0 N–H and O–H groups in total. The summed E-state index contributed by atoms with van der Waals surface area (Å²) >= 11 is 14.6. The normalized spacial score (nSPS) is 16.5. The van der Waals surface area contributed by atoms with Crippen molar-refractivity contribution in [3.05, 3.63) is 208 Å². The van der Waals surface area contributed by atoms with Crippen molar-refractivity contribution in [2.75, 3.05) is 19.6 Å². The number of aryl methyl sites for hydroxylation is 2. The van der Waals surface area contributed by atoms with Crippen LogP contribution < -0.4 is 49.2 Å². The number of nitrogens with zero attached hydrogens (tertiary/aromatic N) is 4. The Kier molecular flexibility index (Phi) is 23.5. The molecule has 0 spiro atoms. The summed E-state index contributed by atoms with van der Waals surface area (Å²) in [4.78, 5) is 10.3. The van der Waals surface area contributed by atoms with Crippen LogP contribution in [0.1, 0.15) is 190 Å². The van der Waals surface area contributed by atoms with Crippen molar-refractivity contribution >= 4 is 197 Å². The predicted molar refractivity (Wildman–Crippen MR) is 481 cm³/mol.